The summed E-state index contributed by atoms with van der Waals surface area (Å²) in [5.74, 6) is 1.06. The maximum Gasteiger partial charge on any atom is 0.228 e. The van der Waals surface area contributed by atoms with Crippen LogP contribution in [0.15, 0.2) is 39.8 Å². The number of nitrogens with zero attached hydrogens (tertiary/aromatic N) is 3. The Hall–Kier alpha value is -1.88. The van der Waals surface area contributed by atoms with Crippen molar-refractivity contribution in [1.82, 2.24) is 9.88 Å². The Labute approximate surface area is 159 Å². The molecule has 5 heteroatoms. The number of benzene rings is 1. The number of aliphatic imine (C=N–C) groups is 1. The zero-order chi connectivity index (χ0) is 18.4. The second-order valence-electron chi connectivity index (χ2n) is 6.34. The summed E-state index contributed by atoms with van der Waals surface area (Å²) in [7, 11) is 1.99. The molecule has 0 spiro atoms. The Morgan fingerprint density at radius 1 is 1.32 bits per heavy atom. The number of hydrogen-bond donors (Lipinski definition) is 0. The molecule has 0 amide bonds. The van der Waals surface area contributed by atoms with E-state index in [9.17, 15) is 0 Å². The molecular formula is C20H26BrN3O. The van der Waals surface area contributed by atoms with Crippen LogP contribution in [0.1, 0.15) is 43.5 Å². The lowest BCUT2D eigenvalue weighted by molar-refractivity contribution is 0.289. The second-order valence-corrected chi connectivity index (χ2v) is 7.19. The highest BCUT2D eigenvalue weighted by Crippen LogP contribution is 2.30. The van der Waals surface area contributed by atoms with Crippen molar-refractivity contribution in [3.8, 4) is 5.88 Å². The van der Waals surface area contributed by atoms with Gasteiger partial charge in [-0.05, 0) is 52.9 Å². The first kappa shape index (κ1) is 19.4. The van der Waals surface area contributed by atoms with Crippen molar-refractivity contribution in [2.75, 3.05) is 13.6 Å². The molecule has 134 valence electrons. The van der Waals surface area contributed by atoms with Crippen LogP contribution in [0.5, 0.6) is 5.88 Å². The third kappa shape index (κ3) is 5.30. The van der Waals surface area contributed by atoms with Gasteiger partial charge in [0.1, 0.15) is 6.61 Å². The van der Waals surface area contributed by atoms with Crippen molar-refractivity contribution >= 4 is 28.0 Å². The standard InChI is InChI=1S/C20H26BrN3O/c1-6-24(5)13-22-19-11-18(21)20(23-15(19)4)25-12-16-9-7-8-10-17(16)14(2)3/h7-11,13-14H,6,12H2,1-5H3/b22-13+. The molecule has 0 saturated heterocycles. The summed E-state index contributed by atoms with van der Waals surface area (Å²) in [5.41, 5.74) is 4.17. The molecule has 0 aliphatic heterocycles. The number of halogens is 1. The molecular weight excluding hydrogens is 378 g/mol. The third-order valence-corrected chi connectivity index (χ3v) is 4.61. The molecule has 0 bridgehead atoms. The third-order valence-electron chi connectivity index (χ3n) is 4.04. The monoisotopic (exact) mass is 403 g/mol. The molecule has 0 aliphatic carbocycles. The zero-order valence-corrected chi connectivity index (χ0v) is 17.2. The quantitative estimate of drug-likeness (QED) is 0.454. The number of pyridine rings is 1. The summed E-state index contributed by atoms with van der Waals surface area (Å²) in [6, 6.07) is 10.3. The van der Waals surface area contributed by atoms with Crippen LogP contribution < -0.4 is 4.74 Å². The Morgan fingerprint density at radius 3 is 2.72 bits per heavy atom. The molecule has 1 heterocycles. The Morgan fingerprint density at radius 2 is 2.04 bits per heavy atom. The summed E-state index contributed by atoms with van der Waals surface area (Å²) >= 11 is 3.55. The highest BCUT2D eigenvalue weighted by molar-refractivity contribution is 9.10. The van der Waals surface area contributed by atoms with Crippen molar-refractivity contribution in [1.29, 1.82) is 0 Å². The Kier molecular flexibility index (Phi) is 7.00. The topological polar surface area (TPSA) is 37.7 Å². The van der Waals surface area contributed by atoms with Crippen LogP contribution in [-0.2, 0) is 6.61 Å². The first-order valence-electron chi connectivity index (χ1n) is 8.54. The molecule has 0 aliphatic rings. The van der Waals surface area contributed by atoms with Gasteiger partial charge in [-0.2, -0.15) is 0 Å². The summed E-state index contributed by atoms with van der Waals surface area (Å²) < 4.78 is 6.79. The Bertz CT molecular complexity index is 744. The van der Waals surface area contributed by atoms with Crippen LogP contribution in [0, 0.1) is 6.92 Å². The highest BCUT2D eigenvalue weighted by Gasteiger charge is 2.11. The SMILES string of the molecule is CCN(C)/C=N/c1cc(Br)c(OCc2ccccc2C(C)C)nc1C. The van der Waals surface area contributed by atoms with E-state index in [1.165, 1.54) is 11.1 Å². The highest BCUT2D eigenvalue weighted by atomic mass is 79.9. The molecule has 0 saturated carbocycles. The van der Waals surface area contributed by atoms with Gasteiger partial charge < -0.3 is 9.64 Å². The van der Waals surface area contributed by atoms with Gasteiger partial charge in [0.25, 0.3) is 0 Å². The predicted octanol–water partition coefficient (Wildman–Crippen LogP) is 5.47. The van der Waals surface area contributed by atoms with Gasteiger partial charge in [0.15, 0.2) is 0 Å². The minimum atomic E-state index is 0.463. The molecule has 2 rings (SSSR count). The van der Waals surface area contributed by atoms with E-state index in [2.05, 4.69) is 64.9 Å². The van der Waals surface area contributed by atoms with Crippen LogP contribution in [-0.4, -0.2) is 29.8 Å². The molecule has 1 aromatic heterocycles. The van der Waals surface area contributed by atoms with E-state index in [1.54, 1.807) is 0 Å². The van der Waals surface area contributed by atoms with Crippen molar-refractivity contribution < 1.29 is 4.74 Å². The average Bonchev–Trinajstić information content (AvgIpc) is 2.60. The fourth-order valence-electron chi connectivity index (χ4n) is 2.40. The first-order valence-corrected chi connectivity index (χ1v) is 9.33. The van der Waals surface area contributed by atoms with Crippen LogP contribution >= 0.6 is 15.9 Å². The van der Waals surface area contributed by atoms with E-state index in [1.807, 2.05) is 37.3 Å². The van der Waals surface area contributed by atoms with Crippen molar-refractivity contribution in [2.24, 2.45) is 4.99 Å². The predicted molar refractivity (Wildman–Crippen MR) is 108 cm³/mol. The van der Waals surface area contributed by atoms with Gasteiger partial charge >= 0.3 is 0 Å². The fourth-order valence-corrected chi connectivity index (χ4v) is 2.82. The van der Waals surface area contributed by atoms with E-state index in [0.717, 1.165) is 22.4 Å². The lowest BCUT2D eigenvalue weighted by atomic mass is 9.98. The number of rotatable bonds is 7. The van der Waals surface area contributed by atoms with Crippen LogP contribution in [0.2, 0.25) is 0 Å². The average molecular weight is 404 g/mol. The normalized spacial score (nSPS) is 11.3. The first-order chi connectivity index (χ1) is 11.9. The van der Waals surface area contributed by atoms with Gasteiger partial charge in [0.2, 0.25) is 5.88 Å². The van der Waals surface area contributed by atoms with Gasteiger partial charge in [-0.3, -0.25) is 0 Å². The minimum Gasteiger partial charge on any atom is -0.472 e. The molecule has 0 radical (unpaired) electrons. The van der Waals surface area contributed by atoms with Crippen molar-refractivity contribution in [2.45, 2.75) is 40.2 Å². The number of ether oxygens (including phenoxy) is 1. The maximum atomic E-state index is 5.98. The van der Waals surface area contributed by atoms with Crippen LogP contribution in [0.25, 0.3) is 0 Å². The summed E-state index contributed by atoms with van der Waals surface area (Å²) in [5, 5.41) is 0. The number of aryl methyl sites for hydroxylation is 1. The Balaban J connectivity index is 2.16. The fraction of sp³-hybridized carbons (Fsp3) is 0.400. The van der Waals surface area contributed by atoms with Crippen LogP contribution in [0.4, 0.5) is 5.69 Å². The van der Waals surface area contributed by atoms with Gasteiger partial charge in [-0.15, -0.1) is 0 Å². The molecule has 0 fully saturated rings. The molecule has 1 aromatic carbocycles. The van der Waals surface area contributed by atoms with Gasteiger partial charge in [-0.25, -0.2) is 9.98 Å². The minimum absolute atomic E-state index is 0.463. The van der Waals surface area contributed by atoms with E-state index >= 15 is 0 Å². The van der Waals surface area contributed by atoms with E-state index in [-0.39, 0.29) is 0 Å². The molecule has 0 N–H and O–H groups in total. The molecule has 2 aromatic rings. The van der Waals surface area contributed by atoms with E-state index in [0.29, 0.717) is 18.4 Å². The molecule has 4 nitrogen and oxygen atoms in total. The summed E-state index contributed by atoms with van der Waals surface area (Å²) in [6.45, 7) is 9.82. The largest absolute Gasteiger partial charge is 0.472 e. The lowest BCUT2D eigenvalue weighted by Gasteiger charge is -2.14. The molecule has 0 atom stereocenters. The second kappa shape index (κ2) is 8.99. The summed E-state index contributed by atoms with van der Waals surface area (Å²) in [4.78, 5) is 11.1. The van der Waals surface area contributed by atoms with Crippen molar-refractivity contribution in [3.05, 3.63) is 51.6 Å². The lowest BCUT2D eigenvalue weighted by Crippen LogP contribution is -2.14. The van der Waals surface area contributed by atoms with E-state index < -0.39 is 0 Å². The van der Waals surface area contributed by atoms with Gasteiger partial charge in [0, 0.05) is 13.6 Å². The summed E-state index contributed by atoms with van der Waals surface area (Å²) in [6.07, 6.45) is 1.82. The van der Waals surface area contributed by atoms with Crippen molar-refractivity contribution in [3.63, 3.8) is 0 Å². The van der Waals surface area contributed by atoms with Crippen LogP contribution in [0.3, 0.4) is 0 Å². The van der Waals surface area contributed by atoms with Gasteiger partial charge in [-0.1, -0.05) is 38.1 Å². The molecule has 25 heavy (non-hydrogen) atoms. The number of hydrogen-bond acceptors (Lipinski definition) is 3. The molecule has 0 unspecified atom stereocenters. The van der Waals surface area contributed by atoms with E-state index in [4.69, 9.17) is 4.74 Å². The smallest absolute Gasteiger partial charge is 0.228 e. The maximum absolute atomic E-state index is 5.98. The van der Waals surface area contributed by atoms with Gasteiger partial charge in [0.05, 0.1) is 22.2 Å². The zero-order valence-electron chi connectivity index (χ0n) is 15.6. The number of aromatic nitrogens is 1.